The number of aromatic nitrogens is 1. The molecule has 0 unspecified atom stereocenters. The van der Waals surface area contributed by atoms with E-state index in [0.29, 0.717) is 6.54 Å². The summed E-state index contributed by atoms with van der Waals surface area (Å²) in [5.41, 5.74) is 7.05. The quantitative estimate of drug-likeness (QED) is 0.724. The Labute approximate surface area is 70.9 Å². The molecule has 0 saturated heterocycles. The predicted octanol–water partition coefficient (Wildman–Crippen LogP) is 1.58. The average Bonchev–Trinajstić information content (AvgIpc) is 2.06. The lowest BCUT2D eigenvalue weighted by Crippen LogP contribution is -1.95. The average molecular weight is 166 g/mol. The molecule has 64 valence electrons. The maximum absolute atomic E-state index is 12.4. The molecular formula is C9H11FN2. The molecule has 0 spiro atoms. The fourth-order valence-electron chi connectivity index (χ4n) is 0.890. The monoisotopic (exact) mass is 166 g/mol. The lowest BCUT2D eigenvalue weighted by molar-refractivity contribution is 0.621. The first kappa shape index (κ1) is 8.87. The van der Waals surface area contributed by atoms with Gasteiger partial charge in [-0.2, -0.15) is 0 Å². The Morgan fingerprint density at radius 1 is 1.67 bits per heavy atom. The molecule has 2 N–H and O–H groups in total. The summed E-state index contributed by atoms with van der Waals surface area (Å²) < 4.78 is 12.4. The highest BCUT2D eigenvalue weighted by molar-refractivity contribution is 5.60. The predicted molar refractivity (Wildman–Crippen MR) is 46.9 cm³/mol. The van der Waals surface area contributed by atoms with Gasteiger partial charge in [0.25, 0.3) is 0 Å². The second kappa shape index (κ2) is 3.97. The second-order valence-electron chi connectivity index (χ2n) is 2.48. The highest BCUT2D eigenvalue weighted by atomic mass is 19.1. The number of nitrogens with zero attached hydrogens (tertiary/aromatic N) is 1. The molecule has 0 radical (unpaired) electrons. The van der Waals surface area contributed by atoms with Gasteiger partial charge in [0.05, 0.1) is 11.9 Å². The first-order valence-corrected chi connectivity index (χ1v) is 3.73. The Hall–Kier alpha value is -1.22. The van der Waals surface area contributed by atoms with Gasteiger partial charge in [-0.25, -0.2) is 4.39 Å². The molecule has 0 fully saturated rings. The van der Waals surface area contributed by atoms with Crippen LogP contribution >= 0.6 is 0 Å². The van der Waals surface area contributed by atoms with Crippen molar-refractivity contribution in [1.29, 1.82) is 0 Å². The standard InChI is InChI=1S/C9H11FN2/c1-7(4-5-11)9-3-2-8(10)6-12-9/h2-4,6H,5,11H2,1H3/b7-4-. The van der Waals surface area contributed by atoms with Crippen LogP contribution in [0.4, 0.5) is 4.39 Å². The van der Waals surface area contributed by atoms with Gasteiger partial charge in [-0.05, 0) is 24.6 Å². The van der Waals surface area contributed by atoms with E-state index >= 15 is 0 Å². The van der Waals surface area contributed by atoms with Gasteiger partial charge in [0.15, 0.2) is 0 Å². The molecule has 0 amide bonds. The highest BCUT2D eigenvalue weighted by Crippen LogP contribution is 2.09. The van der Waals surface area contributed by atoms with Crippen molar-refractivity contribution in [3.63, 3.8) is 0 Å². The largest absolute Gasteiger partial charge is 0.327 e. The number of nitrogens with two attached hydrogens (primary N) is 1. The zero-order valence-corrected chi connectivity index (χ0v) is 6.92. The van der Waals surface area contributed by atoms with Crippen molar-refractivity contribution in [1.82, 2.24) is 4.98 Å². The molecule has 0 bridgehead atoms. The number of hydrogen-bond donors (Lipinski definition) is 1. The van der Waals surface area contributed by atoms with Crippen molar-refractivity contribution in [3.05, 3.63) is 35.9 Å². The van der Waals surface area contributed by atoms with Crippen LogP contribution in [0.1, 0.15) is 12.6 Å². The van der Waals surface area contributed by atoms with E-state index in [4.69, 9.17) is 5.73 Å². The number of halogens is 1. The normalized spacial score (nSPS) is 11.8. The molecular weight excluding hydrogens is 155 g/mol. The van der Waals surface area contributed by atoms with Crippen LogP contribution in [0, 0.1) is 5.82 Å². The summed E-state index contributed by atoms with van der Waals surface area (Å²) in [6, 6.07) is 3.02. The van der Waals surface area contributed by atoms with Crippen LogP contribution in [-0.2, 0) is 0 Å². The van der Waals surface area contributed by atoms with Gasteiger partial charge in [-0.3, -0.25) is 4.98 Å². The highest BCUT2D eigenvalue weighted by Gasteiger charge is 1.95. The maximum Gasteiger partial charge on any atom is 0.141 e. The Kier molecular flexibility index (Phi) is 2.94. The second-order valence-corrected chi connectivity index (χ2v) is 2.48. The number of allylic oxidation sites excluding steroid dienone is 1. The van der Waals surface area contributed by atoms with Crippen LogP contribution in [0.15, 0.2) is 24.4 Å². The fourth-order valence-corrected chi connectivity index (χ4v) is 0.890. The van der Waals surface area contributed by atoms with E-state index in [1.807, 2.05) is 13.0 Å². The lowest BCUT2D eigenvalue weighted by atomic mass is 10.2. The molecule has 0 aliphatic heterocycles. The zero-order chi connectivity index (χ0) is 8.97. The van der Waals surface area contributed by atoms with Crippen LogP contribution in [0.2, 0.25) is 0 Å². The van der Waals surface area contributed by atoms with Gasteiger partial charge < -0.3 is 5.73 Å². The van der Waals surface area contributed by atoms with E-state index in [2.05, 4.69) is 4.98 Å². The van der Waals surface area contributed by atoms with Crippen molar-refractivity contribution >= 4 is 5.57 Å². The van der Waals surface area contributed by atoms with Crippen LogP contribution in [0.3, 0.4) is 0 Å². The van der Waals surface area contributed by atoms with Crippen molar-refractivity contribution in [2.24, 2.45) is 5.73 Å². The van der Waals surface area contributed by atoms with Gasteiger partial charge in [-0.15, -0.1) is 0 Å². The number of pyridine rings is 1. The van der Waals surface area contributed by atoms with Gasteiger partial charge in [-0.1, -0.05) is 6.08 Å². The van der Waals surface area contributed by atoms with E-state index < -0.39 is 0 Å². The summed E-state index contributed by atoms with van der Waals surface area (Å²) in [6.07, 6.45) is 3.05. The lowest BCUT2D eigenvalue weighted by Gasteiger charge is -1.98. The number of rotatable bonds is 2. The van der Waals surface area contributed by atoms with Gasteiger partial charge >= 0.3 is 0 Å². The minimum absolute atomic E-state index is 0.320. The Morgan fingerprint density at radius 2 is 2.42 bits per heavy atom. The van der Waals surface area contributed by atoms with Crippen molar-refractivity contribution in [3.8, 4) is 0 Å². The Morgan fingerprint density at radius 3 is 2.92 bits per heavy atom. The SMILES string of the molecule is C/C(=C/CN)c1ccc(F)cn1. The molecule has 1 heterocycles. The molecule has 0 atom stereocenters. The Balaban J connectivity index is 2.89. The first-order chi connectivity index (χ1) is 5.74. The molecule has 0 aliphatic carbocycles. The van der Waals surface area contributed by atoms with Crippen LogP contribution < -0.4 is 5.73 Å². The zero-order valence-electron chi connectivity index (χ0n) is 6.92. The summed E-state index contributed by atoms with van der Waals surface area (Å²) in [5, 5.41) is 0. The van der Waals surface area contributed by atoms with Crippen LogP contribution in [0.25, 0.3) is 5.57 Å². The van der Waals surface area contributed by atoms with Crippen LogP contribution in [0.5, 0.6) is 0 Å². The summed E-state index contributed by atoms with van der Waals surface area (Å²) in [7, 11) is 0. The minimum Gasteiger partial charge on any atom is -0.327 e. The first-order valence-electron chi connectivity index (χ1n) is 3.73. The third-order valence-electron chi connectivity index (χ3n) is 1.56. The number of hydrogen-bond acceptors (Lipinski definition) is 2. The van der Waals surface area contributed by atoms with Gasteiger partial charge in [0, 0.05) is 6.54 Å². The molecule has 2 nitrogen and oxygen atoms in total. The molecule has 1 rings (SSSR count). The van der Waals surface area contributed by atoms with Crippen molar-refractivity contribution in [2.45, 2.75) is 6.92 Å². The van der Waals surface area contributed by atoms with E-state index in [9.17, 15) is 4.39 Å². The fraction of sp³-hybridized carbons (Fsp3) is 0.222. The van der Waals surface area contributed by atoms with Gasteiger partial charge in [0.2, 0.25) is 0 Å². The van der Waals surface area contributed by atoms with Crippen molar-refractivity contribution in [2.75, 3.05) is 6.54 Å². The molecule has 1 aromatic heterocycles. The summed E-state index contributed by atoms with van der Waals surface area (Å²) in [5.74, 6) is -0.320. The molecule has 1 aromatic rings. The van der Waals surface area contributed by atoms with E-state index in [0.717, 1.165) is 11.3 Å². The minimum atomic E-state index is -0.320. The third kappa shape index (κ3) is 2.13. The molecule has 0 aromatic carbocycles. The molecule has 3 heteroatoms. The smallest absolute Gasteiger partial charge is 0.141 e. The third-order valence-corrected chi connectivity index (χ3v) is 1.56. The topological polar surface area (TPSA) is 38.9 Å². The molecule has 0 aliphatic rings. The van der Waals surface area contributed by atoms with Gasteiger partial charge in [0.1, 0.15) is 5.82 Å². The molecule has 0 saturated carbocycles. The molecule has 12 heavy (non-hydrogen) atoms. The summed E-state index contributed by atoms with van der Waals surface area (Å²) >= 11 is 0. The van der Waals surface area contributed by atoms with E-state index in [1.54, 1.807) is 6.07 Å². The maximum atomic E-state index is 12.4. The van der Waals surface area contributed by atoms with Crippen molar-refractivity contribution < 1.29 is 4.39 Å². The van der Waals surface area contributed by atoms with E-state index in [-0.39, 0.29) is 5.82 Å². The summed E-state index contributed by atoms with van der Waals surface area (Å²) in [6.45, 7) is 2.37. The van der Waals surface area contributed by atoms with E-state index in [1.165, 1.54) is 12.3 Å². The van der Waals surface area contributed by atoms with Crippen LogP contribution in [-0.4, -0.2) is 11.5 Å². The summed E-state index contributed by atoms with van der Waals surface area (Å²) in [4.78, 5) is 3.90. The Bertz CT molecular complexity index is 277.